The summed E-state index contributed by atoms with van der Waals surface area (Å²) in [5, 5.41) is 0. The van der Waals surface area contributed by atoms with Gasteiger partial charge >= 0.3 is 11.9 Å². The molecule has 0 aliphatic heterocycles. The number of esters is 2. The molecule has 4 heteroatoms. The Morgan fingerprint density at radius 3 is 1.79 bits per heavy atom. The van der Waals surface area contributed by atoms with Crippen LogP contribution in [0.5, 0.6) is 0 Å². The molecule has 0 spiro atoms. The normalized spacial score (nSPS) is 11.6. The summed E-state index contributed by atoms with van der Waals surface area (Å²) in [7, 11) is 1.31. The first-order valence-corrected chi connectivity index (χ1v) is 9.07. The van der Waals surface area contributed by atoms with Gasteiger partial charge in [-0.05, 0) is 29.8 Å². The number of hydrogen-bond donors (Lipinski definition) is 0. The highest BCUT2D eigenvalue weighted by atomic mass is 16.5. The monoisotopic (exact) mass is 384 g/mol. The molecule has 0 amide bonds. The van der Waals surface area contributed by atoms with Crippen LogP contribution >= 0.6 is 0 Å². The van der Waals surface area contributed by atoms with E-state index in [0.717, 1.165) is 5.56 Å². The number of carbonyl (C=O) groups excluding carboxylic acids is 2. The van der Waals surface area contributed by atoms with Crippen molar-refractivity contribution in [2.45, 2.75) is 0 Å². The highest BCUT2D eigenvalue weighted by molar-refractivity contribution is 6.00. The summed E-state index contributed by atoms with van der Waals surface area (Å²) in [5.74, 6) is -0.783. The van der Waals surface area contributed by atoms with E-state index in [4.69, 9.17) is 9.47 Å². The summed E-state index contributed by atoms with van der Waals surface area (Å²) < 4.78 is 10.6. The van der Waals surface area contributed by atoms with Gasteiger partial charge in [-0.15, -0.1) is 0 Å². The van der Waals surface area contributed by atoms with Gasteiger partial charge in [-0.25, -0.2) is 9.59 Å². The van der Waals surface area contributed by atoms with Gasteiger partial charge in [-0.1, -0.05) is 78.9 Å². The van der Waals surface area contributed by atoms with Crippen molar-refractivity contribution in [3.8, 4) is 0 Å². The fourth-order valence-electron chi connectivity index (χ4n) is 2.65. The van der Waals surface area contributed by atoms with Crippen LogP contribution in [0.4, 0.5) is 0 Å². The maximum atomic E-state index is 12.6. The minimum Gasteiger partial charge on any atom is -0.465 e. The van der Waals surface area contributed by atoms with Crippen molar-refractivity contribution in [1.82, 2.24) is 0 Å². The van der Waals surface area contributed by atoms with E-state index in [1.807, 2.05) is 66.7 Å². The second-order valence-electron chi connectivity index (χ2n) is 6.13. The third-order valence-corrected chi connectivity index (χ3v) is 4.10. The largest absolute Gasteiger partial charge is 0.465 e. The smallest absolute Gasteiger partial charge is 0.343 e. The summed E-state index contributed by atoms with van der Waals surface area (Å²) in [6.07, 6.45) is 3.21. The number of hydrogen-bond acceptors (Lipinski definition) is 4. The van der Waals surface area contributed by atoms with Gasteiger partial charge in [0.2, 0.25) is 0 Å². The predicted molar refractivity (Wildman–Crippen MR) is 113 cm³/mol. The Bertz CT molecular complexity index is 1020. The average Bonchev–Trinajstić information content (AvgIpc) is 2.79. The van der Waals surface area contributed by atoms with Crippen LogP contribution in [-0.4, -0.2) is 19.0 Å². The zero-order chi connectivity index (χ0) is 20.5. The molecule has 0 aromatic heterocycles. The number of methoxy groups -OCH3 is 1. The van der Waals surface area contributed by atoms with Crippen molar-refractivity contribution >= 4 is 23.8 Å². The molecule has 0 saturated heterocycles. The molecule has 3 rings (SSSR count). The number of ether oxygens (including phenoxy) is 2. The minimum atomic E-state index is -0.530. The Labute approximate surface area is 169 Å². The third-order valence-electron chi connectivity index (χ3n) is 4.10. The Kier molecular flexibility index (Phi) is 6.74. The Morgan fingerprint density at radius 1 is 0.724 bits per heavy atom. The van der Waals surface area contributed by atoms with E-state index in [0.29, 0.717) is 11.1 Å². The van der Waals surface area contributed by atoms with E-state index in [2.05, 4.69) is 0 Å². The molecule has 0 saturated carbocycles. The molecule has 0 atom stereocenters. The van der Waals surface area contributed by atoms with Crippen LogP contribution in [0.25, 0.3) is 11.8 Å². The van der Waals surface area contributed by atoms with Gasteiger partial charge < -0.3 is 9.47 Å². The van der Waals surface area contributed by atoms with Gasteiger partial charge in [-0.3, -0.25) is 0 Å². The molecule has 144 valence electrons. The quantitative estimate of drug-likeness (QED) is 0.256. The maximum absolute atomic E-state index is 12.6. The lowest BCUT2D eigenvalue weighted by atomic mass is 10.1. The van der Waals surface area contributed by atoms with Crippen LogP contribution in [0.2, 0.25) is 0 Å². The molecule has 0 bridgehead atoms. The number of benzene rings is 3. The van der Waals surface area contributed by atoms with Crippen LogP contribution in [0, 0.1) is 0 Å². The zero-order valence-electron chi connectivity index (χ0n) is 15.9. The standard InChI is InChI=1S/C25H20O4/c1-28-24(26)22(17-19-11-5-2-6-12-19)18-23(20-13-7-3-8-14-20)29-25(27)21-15-9-4-10-16-21/h2-18H,1H3/b22-17?,23-18-. The molecule has 3 aromatic rings. The summed E-state index contributed by atoms with van der Waals surface area (Å²) in [6.45, 7) is 0. The molecule has 0 N–H and O–H groups in total. The van der Waals surface area contributed by atoms with E-state index in [1.54, 1.807) is 30.3 Å². The molecule has 4 nitrogen and oxygen atoms in total. The summed E-state index contributed by atoms with van der Waals surface area (Å²) in [4.78, 5) is 25.0. The molecule has 3 aromatic carbocycles. The van der Waals surface area contributed by atoms with E-state index in [9.17, 15) is 9.59 Å². The van der Waals surface area contributed by atoms with Gasteiger partial charge in [0.15, 0.2) is 0 Å². The fourth-order valence-corrected chi connectivity index (χ4v) is 2.65. The molecular weight excluding hydrogens is 364 g/mol. The molecule has 0 heterocycles. The lowest BCUT2D eigenvalue weighted by molar-refractivity contribution is -0.135. The van der Waals surface area contributed by atoms with Crippen molar-refractivity contribution in [3.63, 3.8) is 0 Å². The highest BCUT2D eigenvalue weighted by Gasteiger charge is 2.15. The van der Waals surface area contributed by atoms with Gasteiger partial charge in [0.1, 0.15) is 5.76 Å². The van der Waals surface area contributed by atoms with Crippen LogP contribution in [0.3, 0.4) is 0 Å². The Balaban J connectivity index is 2.03. The fraction of sp³-hybridized carbons (Fsp3) is 0.0400. The first-order chi connectivity index (χ1) is 14.2. The number of rotatable bonds is 6. The summed E-state index contributed by atoms with van der Waals surface area (Å²) >= 11 is 0. The van der Waals surface area contributed by atoms with E-state index < -0.39 is 11.9 Å². The topological polar surface area (TPSA) is 52.6 Å². The van der Waals surface area contributed by atoms with Crippen molar-refractivity contribution in [1.29, 1.82) is 0 Å². The third kappa shape index (κ3) is 5.53. The van der Waals surface area contributed by atoms with Crippen LogP contribution in [-0.2, 0) is 14.3 Å². The highest BCUT2D eigenvalue weighted by Crippen LogP contribution is 2.22. The van der Waals surface area contributed by atoms with E-state index in [-0.39, 0.29) is 11.3 Å². The van der Waals surface area contributed by atoms with Crippen molar-refractivity contribution in [2.75, 3.05) is 7.11 Å². The zero-order valence-corrected chi connectivity index (χ0v) is 15.9. The van der Waals surface area contributed by atoms with Gasteiger partial charge in [0, 0.05) is 5.56 Å². The number of carbonyl (C=O) groups is 2. The van der Waals surface area contributed by atoms with Crippen molar-refractivity contribution in [3.05, 3.63) is 119 Å². The first-order valence-electron chi connectivity index (χ1n) is 9.07. The van der Waals surface area contributed by atoms with E-state index >= 15 is 0 Å². The van der Waals surface area contributed by atoms with Crippen LogP contribution < -0.4 is 0 Å². The lowest BCUT2D eigenvalue weighted by Crippen LogP contribution is -2.07. The van der Waals surface area contributed by atoms with Gasteiger partial charge in [-0.2, -0.15) is 0 Å². The van der Waals surface area contributed by atoms with Crippen molar-refractivity contribution in [2.24, 2.45) is 0 Å². The summed E-state index contributed by atoms with van der Waals surface area (Å²) in [6, 6.07) is 27.2. The minimum absolute atomic E-state index is 0.257. The second kappa shape index (κ2) is 9.85. The predicted octanol–water partition coefficient (Wildman–Crippen LogP) is 5.14. The van der Waals surface area contributed by atoms with Crippen molar-refractivity contribution < 1.29 is 19.1 Å². The Hall–Kier alpha value is -3.92. The molecule has 0 fully saturated rings. The molecule has 29 heavy (non-hydrogen) atoms. The van der Waals surface area contributed by atoms with Gasteiger partial charge in [0.25, 0.3) is 0 Å². The summed E-state index contributed by atoms with van der Waals surface area (Å²) in [5.41, 5.74) is 2.17. The second-order valence-corrected chi connectivity index (χ2v) is 6.13. The average molecular weight is 384 g/mol. The first kappa shape index (κ1) is 19.8. The Morgan fingerprint density at radius 2 is 1.24 bits per heavy atom. The van der Waals surface area contributed by atoms with Gasteiger partial charge in [0.05, 0.1) is 18.2 Å². The molecule has 0 radical (unpaired) electrons. The SMILES string of the molecule is COC(=O)C(=Cc1ccccc1)/C=C(\OC(=O)c1ccccc1)c1ccccc1. The molecular formula is C25H20O4. The maximum Gasteiger partial charge on any atom is 0.343 e. The molecule has 0 unspecified atom stereocenters. The molecule has 0 aliphatic carbocycles. The van der Waals surface area contributed by atoms with Crippen LogP contribution in [0.15, 0.2) is 103 Å². The van der Waals surface area contributed by atoms with Crippen LogP contribution in [0.1, 0.15) is 21.5 Å². The molecule has 0 aliphatic rings. The van der Waals surface area contributed by atoms with E-state index in [1.165, 1.54) is 13.2 Å². The lowest BCUT2D eigenvalue weighted by Gasteiger charge is -2.11.